The van der Waals surface area contributed by atoms with Crippen LogP contribution in [0.25, 0.3) is 6.08 Å². The van der Waals surface area contributed by atoms with Gasteiger partial charge in [0.1, 0.15) is 0 Å². The quantitative estimate of drug-likeness (QED) is 0.167. The van der Waals surface area contributed by atoms with Crippen LogP contribution < -0.4 is 10.6 Å². The molecule has 5 nitrogen and oxygen atoms in total. The lowest BCUT2D eigenvalue weighted by atomic mass is 9.80. The molecule has 5 rings (SSSR count). The van der Waals surface area contributed by atoms with E-state index in [-0.39, 0.29) is 18.4 Å². The summed E-state index contributed by atoms with van der Waals surface area (Å²) in [5.41, 5.74) is 6.26. The van der Waals surface area contributed by atoms with Crippen LogP contribution in [0.5, 0.6) is 0 Å². The molecule has 228 valence electrons. The largest absolute Gasteiger partial charge is 0.462 e. The predicted molar refractivity (Wildman–Crippen MR) is 182 cm³/mol. The van der Waals surface area contributed by atoms with E-state index in [9.17, 15) is 9.59 Å². The molecular weight excluding hydrogens is 580 g/mol. The molecule has 45 heavy (non-hydrogen) atoms. The van der Waals surface area contributed by atoms with Crippen LogP contribution in [0.15, 0.2) is 144 Å². The highest BCUT2D eigenvalue weighted by atomic mass is 35.5. The third-order valence-corrected chi connectivity index (χ3v) is 8.18. The predicted octanol–water partition coefficient (Wildman–Crippen LogP) is 8.17. The lowest BCUT2D eigenvalue weighted by molar-refractivity contribution is -0.139. The van der Waals surface area contributed by atoms with Crippen molar-refractivity contribution in [3.05, 3.63) is 171 Å². The van der Waals surface area contributed by atoms with Gasteiger partial charge in [0.05, 0.1) is 18.1 Å². The molecule has 1 unspecified atom stereocenters. The van der Waals surface area contributed by atoms with E-state index >= 15 is 0 Å². The van der Waals surface area contributed by atoms with Gasteiger partial charge in [-0.25, -0.2) is 4.79 Å². The van der Waals surface area contributed by atoms with Gasteiger partial charge >= 0.3 is 5.97 Å². The van der Waals surface area contributed by atoms with Crippen LogP contribution >= 0.6 is 11.6 Å². The summed E-state index contributed by atoms with van der Waals surface area (Å²) in [5.74, 6) is -1.33. The number of carbonyl (C=O) groups excluding carboxylic acids is 2. The first kappa shape index (κ1) is 31.6. The van der Waals surface area contributed by atoms with Crippen molar-refractivity contribution in [2.75, 3.05) is 13.2 Å². The van der Waals surface area contributed by atoms with Crippen molar-refractivity contribution in [1.29, 1.82) is 0 Å². The second kappa shape index (κ2) is 15.2. The summed E-state index contributed by atoms with van der Waals surface area (Å²) < 4.78 is 5.98. The summed E-state index contributed by atoms with van der Waals surface area (Å²) in [4.78, 5) is 27.6. The minimum Gasteiger partial charge on any atom is -0.462 e. The molecule has 0 saturated carbocycles. The van der Waals surface area contributed by atoms with Crippen LogP contribution in [0, 0.1) is 0 Å². The van der Waals surface area contributed by atoms with E-state index in [0.29, 0.717) is 40.5 Å². The molecule has 2 N–H and O–H groups in total. The molecule has 1 aliphatic rings. The number of esters is 1. The lowest BCUT2D eigenvalue weighted by Crippen LogP contribution is -2.36. The molecule has 1 atom stereocenters. The molecule has 0 aromatic heterocycles. The highest BCUT2D eigenvalue weighted by Gasteiger charge is 2.37. The Labute approximate surface area is 270 Å². The number of rotatable bonds is 11. The number of ether oxygens (including phenoxy) is 1. The van der Waals surface area contributed by atoms with Crippen LogP contribution in [0.3, 0.4) is 0 Å². The van der Waals surface area contributed by atoms with Crippen LogP contribution in [0.1, 0.15) is 54.4 Å². The van der Waals surface area contributed by atoms with Crippen molar-refractivity contribution in [3.8, 4) is 0 Å². The number of nitrogens with one attached hydrogen (secondary N) is 2. The Morgan fingerprint density at radius 2 is 1.42 bits per heavy atom. The summed E-state index contributed by atoms with van der Waals surface area (Å²) >= 11 is 6.41. The molecule has 0 radical (unpaired) electrons. The zero-order chi connectivity index (χ0) is 31.6. The van der Waals surface area contributed by atoms with Crippen molar-refractivity contribution in [2.45, 2.75) is 32.1 Å². The molecular formula is C39H37ClN2O3. The highest BCUT2D eigenvalue weighted by Crippen LogP contribution is 2.39. The molecule has 4 aromatic rings. The van der Waals surface area contributed by atoms with Crippen LogP contribution in [-0.4, -0.2) is 25.0 Å². The fourth-order valence-corrected chi connectivity index (χ4v) is 6.03. The summed E-state index contributed by atoms with van der Waals surface area (Å²) in [6.07, 6.45) is 4.47. The van der Waals surface area contributed by atoms with Gasteiger partial charge in [-0.1, -0.05) is 127 Å². The van der Waals surface area contributed by atoms with Gasteiger partial charge in [0.2, 0.25) is 5.91 Å². The highest BCUT2D eigenvalue weighted by molar-refractivity contribution is 6.30. The van der Waals surface area contributed by atoms with E-state index < -0.39 is 11.9 Å². The number of benzene rings is 4. The van der Waals surface area contributed by atoms with Gasteiger partial charge < -0.3 is 15.4 Å². The first-order chi connectivity index (χ1) is 21.9. The summed E-state index contributed by atoms with van der Waals surface area (Å²) in [7, 11) is 0. The summed E-state index contributed by atoms with van der Waals surface area (Å²) in [6, 6.07) is 37.7. The normalized spacial score (nSPS) is 14.9. The number of hydrogen-bond donors (Lipinski definition) is 2. The summed E-state index contributed by atoms with van der Waals surface area (Å²) in [5, 5.41) is 6.80. The molecule has 0 fully saturated rings. The number of carbonyl (C=O) groups is 2. The Morgan fingerprint density at radius 3 is 2.04 bits per heavy atom. The van der Waals surface area contributed by atoms with Crippen molar-refractivity contribution in [2.24, 2.45) is 0 Å². The number of allylic oxidation sites excluding steroid dienone is 2. The molecule has 1 heterocycles. The van der Waals surface area contributed by atoms with Gasteiger partial charge in [-0.3, -0.25) is 4.79 Å². The maximum Gasteiger partial charge on any atom is 0.336 e. The lowest BCUT2D eigenvalue weighted by Gasteiger charge is -2.31. The maximum absolute atomic E-state index is 13.9. The van der Waals surface area contributed by atoms with Crippen LogP contribution in [-0.2, 0) is 14.3 Å². The minimum atomic E-state index is -0.658. The monoisotopic (exact) mass is 616 g/mol. The second-order valence-corrected chi connectivity index (χ2v) is 11.4. The van der Waals surface area contributed by atoms with Crippen LogP contribution in [0.4, 0.5) is 0 Å². The fraction of sp³-hybridized carbons (Fsp3) is 0.179. The molecule has 1 aliphatic heterocycles. The number of dihydropyridines is 1. The van der Waals surface area contributed by atoms with E-state index in [1.807, 2.05) is 105 Å². The van der Waals surface area contributed by atoms with Gasteiger partial charge in [-0.15, -0.1) is 0 Å². The van der Waals surface area contributed by atoms with E-state index in [4.69, 9.17) is 16.3 Å². The SMILES string of the molecule is CC1=C(C(=O)NC/C=C/c2ccccc2)C(c2cccc(Cl)c2)C(C(=O)OCCC(c2ccccc2)c2ccccc2)=C(C)N1. The number of halogens is 1. The van der Waals surface area contributed by atoms with Crippen molar-refractivity contribution >= 4 is 29.6 Å². The molecule has 0 aliphatic carbocycles. The third-order valence-electron chi connectivity index (χ3n) is 7.94. The van der Waals surface area contributed by atoms with Gasteiger partial charge in [0.25, 0.3) is 0 Å². The second-order valence-electron chi connectivity index (χ2n) is 11.0. The number of hydrogen-bond acceptors (Lipinski definition) is 4. The van der Waals surface area contributed by atoms with Crippen LogP contribution in [0.2, 0.25) is 5.02 Å². The molecule has 0 bridgehead atoms. The van der Waals surface area contributed by atoms with Crippen molar-refractivity contribution < 1.29 is 14.3 Å². The molecule has 0 saturated heterocycles. The van der Waals surface area contributed by atoms with E-state index in [1.165, 1.54) is 0 Å². The van der Waals surface area contributed by atoms with Gasteiger partial charge in [0, 0.05) is 34.5 Å². The maximum atomic E-state index is 13.9. The van der Waals surface area contributed by atoms with Gasteiger partial charge in [-0.2, -0.15) is 0 Å². The first-order valence-electron chi connectivity index (χ1n) is 15.1. The Kier molecular flexibility index (Phi) is 10.7. The minimum absolute atomic E-state index is 0.0657. The van der Waals surface area contributed by atoms with Gasteiger partial charge in [-0.05, 0) is 54.7 Å². The fourth-order valence-electron chi connectivity index (χ4n) is 5.83. The number of amides is 1. The van der Waals surface area contributed by atoms with E-state index in [0.717, 1.165) is 22.3 Å². The third kappa shape index (κ3) is 8.00. The Balaban J connectivity index is 1.36. The average molecular weight is 617 g/mol. The molecule has 0 spiro atoms. The Hall–Kier alpha value is -4.87. The first-order valence-corrected chi connectivity index (χ1v) is 15.5. The zero-order valence-corrected chi connectivity index (χ0v) is 26.3. The standard InChI is InChI=1S/C39H37ClN2O3/c1-27-35(38(43)41-24-13-16-29-14-6-3-7-15-29)37(32-21-12-22-33(40)26-32)36(28(2)42-27)39(44)45-25-23-34(30-17-8-4-9-18-30)31-19-10-5-11-20-31/h3-22,26,34,37,42H,23-25H2,1-2H3,(H,41,43)/b16-13+. The Morgan fingerprint density at radius 1 is 0.822 bits per heavy atom. The van der Waals surface area contributed by atoms with E-state index in [1.54, 1.807) is 12.1 Å². The molecule has 1 amide bonds. The molecule has 4 aromatic carbocycles. The average Bonchev–Trinajstić information content (AvgIpc) is 3.06. The van der Waals surface area contributed by atoms with Crippen molar-refractivity contribution in [3.63, 3.8) is 0 Å². The van der Waals surface area contributed by atoms with Crippen molar-refractivity contribution in [1.82, 2.24) is 10.6 Å². The Bertz CT molecular complexity index is 1670. The smallest absolute Gasteiger partial charge is 0.336 e. The van der Waals surface area contributed by atoms with Gasteiger partial charge in [0.15, 0.2) is 0 Å². The molecule has 6 heteroatoms. The summed E-state index contributed by atoms with van der Waals surface area (Å²) in [6.45, 7) is 4.23. The van der Waals surface area contributed by atoms with E-state index in [2.05, 4.69) is 34.9 Å². The topological polar surface area (TPSA) is 67.4 Å². The zero-order valence-electron chi connectivity index (χ0n) is 25.5.